The van der Waals surface area contributed by atoms with Gasteiger partial charge in [-0.15, -0.1) is 0 Å². The molecule has 4 aliphatic carbocycles. The summed E-state index contributed by atoms with van der Waals surface area (Å²) < 4.78 is 12.1. The monoisotopic (exact) mass is 232 g/mol. The Hall–Kier alpha value is -0.600. The average molecular weight is 232 g/mol. The van der Waals surface area contributed by atoms with Gasteiger partial charge in [-0.3, -0.25) is 0 Å². The Balaban J connectivity index is 1.85. The van der Waals surface area contributed by atoms with Crippen LogP contribution in [0.25, 0.3) is 0 Å². The third-order valence-corrected chi connectivity index (χ3v) is 5.67. The van der Waals surface area contributed by atoms with E-state index in [2.05, 4.69) is 32.1 Å². The number of hydrogen-bond acceptors (Lipinski definition) is 2. The number of rotatable bonds is 0. The van der Waals surface area contributed by atoms with E-state index < -0.39 is 0 Å². The van der Waals surface area contributed by atoms with Crippen LogP contribution in [0, 0.1) is 23.2 Å². The molecule has 1 heterocycles. The summed E-state index contributed by atoms with van der Waals surface area (Å²) in [5.74, 6) is 1.55. The van der Waals surface area contributed by atoms with Crippen LogP contribution < -0.4 is 0 Å². The summed E-state index contributed by atoms with van der Waals surface area (Å²) in [7, 11) is 0. The molecule has 4 atom stereocenters. The highest BCUT2D eigenvalue weighted by atomic mass is 16.7. The second kappa shape index (κ2) is 3.04. The molecular weight excluding hydrogens is 212 g/mol. The van der Waals surface area contributed by atoms with E-state index in [-0.39, 0.29) is 11.2 Å². The summed E-state index contributed by atoms with van der Waals surface area (Å²) in [5, 5.41) is 0. The molecule has 0 aromatic carbocycles. The zero-order valence-corrected chi connectivity index (χ0v) is 10.6. The zero-order chi connectivity index (χ0) is 11.7. The molecule has 4 unspecified atom stereocenters. The van der Waals surface area contributed by atoms with Crippen molar-refractivity contribution in [3.05, 3.63) is 23.8 Å². The zero-order valence-electron chi connectivity index (χ0n) is 10.6. The molecule has 1 spiro atoms. The van der Waals surface area contributed by atoms with Crippen LogP contribution in [0.4, 0.5) is 0 Å². The van der Waals surface area contributed by atoms with E-state index in [1.165, 1.54) is 6.42 Å². The van der Waals surface area contributed by atoms with Gasteiger partial charge in [0.1, 0.15) is 0 Å². The second-order valence-electron chi connectivity index (χ2n) is 6.33. The molecule has 1 saturated carbocycles. The Kier molecular flexibility index (Phi) is 1.85. The van der Waals surface area contributed by atoms with Gasteiger partial charge in [0.05, 0.1) is 13.2 Å². The minimum Gasteiger partial charge on any atom is -0.347 e. The molecule has 0 aromatic rings. The Morgan fingerprint density at radius 2 is 2.06 bits per heavy atom. The standard InChI is InChI=1S/C15H20O2/c1-10-8-13-11-4-3-5-12(11)14(10,2)9-15(13)16-6-7-17-15/h3-4,8,11-13H,5-7,9H2,1-2H3. The largest absolute Gasteiger partial charge is 0.347 e. The van der Waals surface area contributed by atoms with Crippen LogP contribution in [0.2, 0.25) is 0 Å². The number of hydrogen-bond donors (Lipinski definition) is 0. The molecular formula is C15H20O2. The van der Waals surface area contributed by atoms with E-state index in [0.29, 0.717) is 11.8 Å². The highest BCUT2D eigenvalue weighted by Gasteiger charge is 2.63. The van der Waals surface area contributed by atoms with Gasteiger partial charge in [-0.05, 0) is 30.6 Å². The third-order valence-electron chi connectivity index (χ3n) is 5.67. The van der Waals surface area contributed by atoms with Crippen molar-refractivity contribution in [3.63, 3.8) is 0 Å². The van der Waals surface area contributed by atoms with Crippen molar-refractivity contribution in [1.29, 1.82) is 0 Å². The maximum atomic E-state index is 6.04. The van der Waals surface area contributed by atoms with Crippen molar-refractivity contribution >= 4 is 0 Å². The van der Waals surface area contributed by atoms with Crippen molar-refractivity contribution in [1.82, 2.24) is 0 Å². The molecule has 5 rings (SSSR count). The Labute approximate surface area is 103 Å². The maximum Gasteiger partial charge on any atom is 0.176 e. The first-order chi connectivity index (χ1) is 8.16. The fourth-order valence-electron chi connectivity index (χ4n) is 4.68. The van der Waals surface area contributed by atoms with Gasteiger partial charge in [-0.1, -0.05) is 30.7 Å². The Morgan fingerprint density at radius 1 is 1.29 bits per heavy atom. The predicted molar refractivity (Wildman–Crippen MR) is 65.3 cm³/mol. The SMILES string of the molecule is CC1=CC2C3C=CCC3C1(C)CC21OCCO1. The Morgan fingerprint density at radius 3 is 2.82 bits per heavy atom. The molecule has 92 valence electrons. The number of ether oxygens (including phenoxy) is 2. The topological polar surface area (TPSA) is 18.5 Å². The van der Waals surface area contributed by atoms with Crippen molar-refractivity contribution in [2.24, 2.45) is 23.2 Å². The normalized spacial score (nSPS) is 49.8. The molecule has 0 aromatic heterocycles. The fraction of sp³-hybridized carbons (Fsp3) is 0.733. The summed E-state index contributed by atoms with van der Waals surface area (Å²) >= 11 is 0. The van der Waals surface area contributed by atoms with Crippen LogP contribution >= 0.6 is 0 Å². The summed E-state index contributed by atoms with van der Waals surface area (Å²) in [6.07, 6.45) is 9.49. The molecule has 0 N–H and O–H groups in total. The van der Waals surface area contributed by atoms with Crippen molar-refractivity contribution in [2.75, 3.05) is 13.2 Å². The highest BCUT2D eigenvalue weighted by Crippen LogP contribution is 2.64. The Bertz CT molecular complexity index is 417. The summed E-state index contributed by atoms with van der Waals surface area (Å²) in [6, 6.07) is 0. The molecule has 2 bridgehead atoms. The van der Waals surface area contributed by atoms with E-state index >= 15 is 0 Å². The van der Waals surface area contributed by atoms with Crippen molar-refractivity contribution in [3.8, 4) is 0 Å². The minimum absolute atomic E-state index is 0.271. The van der Waals surface area contributed by atoms with Gasteiger partial charge in [0, 0.05) is 12.3 Å². The lowest BCUT2D eigenvalue weighted by Crippen LogP contribution is -2.58. The summed E-state index contributed by atoms with van der Waals surface area (Å²) in [6.45, 7) is 6.23. The number of allylic oxidation sites excluding steroid dienone is 3. The van der Waals surface area contributed by atoms with E-state index in [1.807, 2.05) is 0 Å². The first-order valence-electron chi connectivity index (χ1n) is 6.79. The quantitative estimate of drug-likeness (QED) is 0.598. The van der Waals surface area contributed by atoms with Crippen LogP contribution in [-0.2, 0) is 9.47 Å². The van der Waals surface area contributed by atoms with Gasteiger partial charge in [0.15, 0.2) is 5.79 Å². The first kappa shape index (κ1) is 10.3. The lowest BCUT2D eigenvalue weighted by Gasteiger charge is -2.58. The molecule has 5 aliphatic rings. The van der Waals surface area contributed by atoms with E-state index in [9.17, 15) is 0 Å². The van der Waals surface area contributed by atoms with Crippen molar-refractivity contribution < 1.29 is 9.47 Å². The lowest BCUT2D eigenvalue weighted by molar-refractivity contribution is -0.246. The molecule has 2 fully saturated rings. The summed E-state index contributed by atoms with van der Waals surface area (Å²) in [5.41, 5.74) is 1.82. The van der Waals surface area contributed by atoms with Gasteiger partial charge >= 0.3 is 0 Å². The van der Waals surface area contributed by atoms with Gasteiger partial charge in [0.25, 0.3) is 0 Å². The highest BCUT2D eigenvalue weighted by molar-refractivity contribution is 5.32. The molecule has 2 nitrogen and oxygen atoms in total. The molecule has 1 saturated heterocycles. The third kappa shape index (κ3) is 1.09. The van der Waals surface area contributed by atoms with E-state index in [1.54, 1.807) is 5.57 Å². The van der Waals surface area contributed by atoms with Crippen LogP contribution in [0.5, 0.6) is 0 Å². The smallest absolute Gasteiger partial charge is 0.176 e. The molecule has 0 amide bonds. The van der Waals surface area contributed by atoms with Gasteiger partial charge in [-0.25, -0.2) is 0 Å². The van der Waals surface area contributed by atoms with Crippen LogP contribution in [0.3, 0.4) is 0 Å². The maximum absolute atomic E-state index is 6.04. The second-order valence-corrected chi connectivity index (χ2v) is 6.33. The van der Waals surface area contributed by atoms with Crippen LogP contribution in [0.1, 0.15) is 26.7 Å². The molecule has 2 heteroatoms. The molecule has 0 radical (unpaired) electrons. The lowest BCUT2D eigenvalue weighted by atomic mass is 9.50. The minimum atomic E-state index is -0.301. The van der Waals surface area contributed by atoms with Gasteiger partial charge in [-0.2, -0.15) is 0 Å². The van der Waals surface area contributed by atoms with E-state index in [0.717, 1.165) is 25.6 Å². The molecule has 17 heavy (non-hydrogen) atoms. The summed E-state index contributed by atoms with van der Waals surface area (Å²) in [4.78, 5) is 0. The van der Waals surface area contributed by atoms with Crippen LogP contribution in [0.15, 0.2) is 23.8 Å². The van der Waals surface area contributed by atoms with Gasteiger partial charge < -0.3 is 9.47 Å². The van der Waals surface area contributed by atoms with Crippen LogP contribution in [-0.4, -0.2) is 19.0 Å². The van der Waals surface area contributed by atoms with Crippen molar-refractivity contribution in [2.45, 2.75) is 32.5 Å². The predicted octanol–water partition coefficient (Wildman–Crippen LogP) is 2.91. The average Bonchev–Trinajstić information content (AvgIpc) is 2.92. The molecule has 1 aliphatic heterocycles. The van der Waals surface area contributed by atoms with Gasteiger partial charge in [0.2, 0.25) is 0 Å². The fourth-order valence-corrected chi connectivity index (χ4v) is 4.68. The van der Waals surface area contributed by atoms with E-state index in [4.69, 9.17) is 9.47 Å². The first-order valence-corrected chi connectivity index (χ1v) is 6.79.